The molecular weight excluding hydrogens is 276 g/mol. The van der Waals surface area contributed by atoms with E-state index in [1.54, 1.807) is 7.11 Å². The molecule has 0 aromatic carbocycles. The summed E-state index contributed by atoms with van der Waals surface area (Å²) in [6.07, 6.45) is 0.650. The third-order valence-corrected chi connectivity index (χ3v) is 3.41. The minimum absolute atomic E-state index is 0.240. The van der Waals surface area contributed by atoms with Crippen molar-refractivity contribution in [2.45, 2.75) is 58.0 Å². The summed E-state index contributed by atoms with van der Waals surface area (Å²) in [6, 6.07) is 0. The van der Waals surface area contributed by atoms with Gasteiger partial charge in [-0.3, -0.25) is 4.79 Å². The van der Waals surface area contributed by atoms with Crippen molar-refractivity contribution in [3.05, 3.63) is 0 Å². The van der Waals surface area contributed by atoms with Crippen molar-refractivity contribution in [3.8, 4) is 0 Å². The van der Waals surface area contributed by atoms with Gasteiger partial charge in [0, 0.05) is 27.2 Å². The second-order valence-corrected chi connectivity index (χ2v) is 5.07. The summed E-state index contributed by atoms with van der Waals surface area (Å²) in [5.74, 6) is -0.360. The Balaban J connectivity index is 2.65. The first-order chi connectivity index (χ1) is 10.1. The standard InChI is InChI=1S/C15H28O6/c1-5-7-8-18-9-12-15(21-11(3)16)14(17-4)13(10-20-12)19-6-2/h12-15H,5-10H2,1-4H3/t12-,13+,14-,15-/m1/s1. The van der Waals surface area contributed by atoms with Crippen LogP contribution in [0.5, 0.6) is 0 Å². The largest absolute Gasteiger partial charge is 0.457 e. The molecule has 0 spiro atoms. The van der Waals surface area contributed by atoms with E-state index in [9.17, 15) is 4.79 Å². The molecule has 124 valence electrons. The number of ether oxygens (including phenoxy) is 5. The predicted molar refractivity (Wildman–Crippen MR) is 77.2 cm³/mol. The van der Waals surface area contributed by atoms with Crippen LogP contribution in [0.1, 0.15) is 33.6 Å². The van der Waals surface area contributed by atoms with E-state index in [-0.39, 0.29) is 24.3 Å². The van der Waals surface area contributed by atoms with E-state index >= 15 is 0 Å². The second-order valence-electron chi connectivity index (χ2n) is 5.07. The Labute approximate surface area is 127 Å². The van der Waals surface area contributed by atoms with E-state index < -0.39 is 6.10 Å². The summed E-state index contributed by atoms with van der Waals surface area (Å²) in [4.78, 5) is 11.3. The van der Waals surface area contributed by atoms with Gasteiger partial charge in [0.05, 0.1) is 13.2 Å². The maximum Gasteiger partial charge on any atom is 0.303 e. The highest BCUT2D eigenvalue weighted by Gasteiger charge is 2.43. The van der Waals surface area contributed by atoms with Crippen LogP contribution in [-0.2, 0) is 28.5 Å². The third-order valence-electron chi connectivity index (χ3n) is 3.41. The Hall–Kier alpha value is -0.690. The molecule has 1 aliphatic rings. The highest BCUT2D eigenvalue weighted by atomic mass is 16.6. The lowest BCUT2D eigenvalue weighted by Gasteiger charge is -2.40. The molecule has 0 aliphatic carbocycles. The highest BCUT2D eigenvalue weighted by molar-refractivity contribution is 5.66. The lowest BCUT2D eigenvalue weighted by Crippen LogP contribution is -2.57. The first-order valence-electron chi connectivity index (χ1n) is 7.64. The van der Waals surface area contributed by atoms with Gasteiger partial charge in [-0.15, -0.1) is 0 Å². The Morgan fingerprint density at radius 1 is 1.29 bits per heavy atom. The molecule has 0 aromatic rings. The van der Waals surface area contributed by atoms with Crippen LogP contribution in [0.25, 0.3) is 0 Å². The van der Waals surface area contributed by atoms with Crippen molar-refractivity contribution in [1.29, 1.82) is 0 Å². The molecule has 21 heavy (non-hydrogen) atoms. The van der Waals surface area contributed by atoms with Crippen molar-refractivity contribution >= 4 is 5.97 Å². The van der Waals surface area contributed by atoms with Crippen LogP contribution in [0.4, 0.5) is 0 Å². The molecule has 1 rings (SSSR count). The Morgan fingerprint density at radius 3 is 2.62 bits per heavy atom. The lowest BCUT2D eigenvalue weighted by atomic mass is 9.99. The third kappa shape index (κ3) is 5.90. The smallest absolute Gasteiger partial charge is 0.303 e. The number of rotatable bonds is 9. The number of hydrogen-bond donors (Lipinski definition) is 0. The van der Waals surface area contributed by atoms with Crippen molar-refractivity contribution in [3.63, 3.8) is 0 Å². The Kier molecular flexibility index (Phi) is 8.84. The fourth-order valence-electron chi connectivity index (χ4n) is 2.40. The minimum Gasteiger partial charge on any atom is -0.457 e. The van der Waals surface area contributed by atoms with Crippen LogP contribution in [-0.4, -0.2) is 63.9 Å². The molecule has 6 heteroatoms. The van der Waals surface area contributed by atoms with Crippen LogP contribution < -0.4 is 0 Å². The summed E-state index contributed by atoms with van der Waals surface area (Å²) in [6.45, 7) is 7.42. The number of carbonyl (C=O) groups is 1. The molecule has 0 saturated carbocycles. The summed E-state index contributed by atoms with van der Waals surface area (Å²) in [5.41, 5.74) is 0. The second kappa shape index (κ2) is 10.1. The zero-order chi connectivity index (χ0) is 15.7. The van der Waals surface area contributed by atoms with Crippen molar-refractivity contribution < 1.29 is 28.5 Å². The molecule has 0 bridgehead atoms. The van der Waals surface area contributed by atoms with Gasteiger partial charge < -0.3 is 23.7 Å². The molecule has 1 saturated heterocycles. The number of carbonyl (C=O) groups excluding carboxylic acids is 1. The van der Waals surface area contributed by atoms with Gasteiger partial charge in [0.25, 0.3) is 0 Å². The average molecular weight is 304 g/mol. The van der Waals surface area contributed by atoms with E-state index in [0.717, 1.165) is 12.8 Å². The zero-order valence-electron chi connectivity index (χ0n) is 13.5. The van der Waals surface area contributed by atoms with Gasteiger partial charge >= 0.3 is 5.97 Å². The summed E-state index contributed by atoms with van der Waals surface area (Å²) in [5, 5.41) is 0. The monoisotopic (exact) mass is 304 g/mol. The molecule has 0 aromatic heterocycles. The topological polar surface area (TPSA) is 63.2 Å². The Bertz CT molecular complexity index is 294. The van der Waals surface area contributed by atoms with E-state index in [0.29, 0.717) is 26.4 Å². The quantitative estimate of drug-likeness (QED) is 0.476. The number of esters is 1. The number of hydrogen-bond acceptors (Lipinski definition) is 6. The van der Waals surface area contributed by atoms with Crippen LogP contribution in [0, 0.1) is 0 Å². The molecule has 1 aliphatic heterocycles. The summed E-state index contributed by atoms with van der Waals surface area (Å²) in [7, 11) is 1.59. The van der Waals surface area contributed by atoms with Gasteiger partial charge in [0.2, 0.25) is 0 Å². The minimum atomic E-state index is -0.514. The van der Waals surface area contributed by atoms with E-state index in [2.05, 4.69) is 6.92 Å². The molecule has 0 N–H and O–H groups in total. The van der Waals surface area contributed by atoms with Crippen LogP contribution >= 0.6 is 0 Å². The summed E-state index contributed by atoms with van der Waals surface area (Å²) >= 11 is 0. The molecule has 0 unspecified atom stereocenters. The first kappa shape index (κ1) is 18.4. The SMILES string of the molecule is CCCCOC[C@H]1OC[C@H](OCC)[C@@H](OC)[C@@H]1OC(C)=O. The van der Waals surface area contributed by atoms with Crippen LogP contribution in [0.15, 0.2) is 0 Å². The molecule has 0 radical (unpaired) electrons. The molecule has 0 amide bonds. The van der Waals surface area contributed by atoms with Crippen molar-refractivity contribution in [2.24, 2.45) is 0 Å². The first-order valence-corrected chi connectivity index (χ1v) is 7.64. The highest BCUT2D eigenvalue weighted by Crippen LogP contribution is 2.23. The maximum absolute atomic E-state index is 11.3. The van der Waals surface area contributed by atoms with Gasteiger partial charge in [-0.1, -0.05) is 13.3 Å². The average Bonchev–Trinajstić information content (AvgIpc) is 2.45. The zero-order valence-corrected chi connectivity index (χ0v) is 13.5. The fourth-order valence-corrected chi connectivity index (χ4v) is 2.40. The van der Waals surface area contributed by atoms with Gasteiger partial charge in [-0.25, -0.2) is 0 Å². The number of unbranched alkanes of at least 4 members (excludes halogenated alkanes) is 1. The van der Waals surface area contributed by atoms with Crippen LogP contribution in [0.2, 0.25) is 0 Å². The molecule has 4 atom stereocenters. The van der Waals surface area contributed by atoms with E-state index in [1.165, 1.54) is 6.92 Å². The summed E-state index contributed by atoms with van der Waals surface area (Å²) < 4.78 is 27.9. The van der Waals surface area contributed by atoms with Gasteiger partial charge in [0.1, 0.15) is 18.3 Å². The predicted octanol–water partition coefficient (Wildman–Crippen LogP) is 1.55. The van der Waals surface area contributed by atoms with E-state index in [4.69, 9.17) is 23.7 Å². The number of methoxy groups -OCH3 is 1. The molecule has 1 fully saturated rings. The van der Waals surface area contributed by atoms with Gasteiger partial charge in [0.15, 0.2) is 6.10 Å². The molecular formula is C15H28O6. The van der Waals surface area contributed by atoms with Crippen LogP contribution in [0.3, 0.4) is 0 Å². The van der Waals surface area contributed by atoms with Crippen molar-refractivity contribution in [1.82, 2.24) is 0 Å². The fraction of sp³-hybridized carbons (Fsp3) is 0.933. The molecule has 6 nitrogen and oxygen atoms in total. The van der Waals surface area contributed by atoms with E-state index in [1.807, 2.05) is 6.92 Å². The maximum atomic E-state index is 11.3. The molecule has 1 heterocycles. The lowest BCUT2D eigenvalue weighted by molar-refractivity contribution is -0.229. The van der Waals surface area contributed by atoms with Crippen molar-refractivity contribution in [2.75, 3.05) is 33.5 Å². The Morgan fingerprint density at radius 2 is 2.05 bits per heavy atom. The van der Waals surface area contributed by atoms with Gasteiger partial charge in [-0.2, -0.15) is 0 Å². The van der Waals surface area contributed by atoms with Gasteiger partial charge in [-0.05, 0) is 13.3 Å². The normalized spacial score (nSPS) is 29.3.